The Morgan fingerprint density at radius 2 is 2.19 bits per heavy atom. The molecule has 0 aromatic rings. The molecule has 1 amide bonds. The van der Waals surface area contributed by atoms with Crippen LogP contribution in [0.4, 0.5) is 0 Å². The van der Waals surface area contributed by atoms with E-state index in [1.165, 1.54) is 4.90 Å². The third-order valence-electron chi connectivity index (χ3n) is 6.99. The van der Waals surface area contributed by atoms with Crippen LogP contribution in [0.5, 0.6) is 0 Å². The van der Waals surface area contributed by atoms with Gasteiger partial charge in [-0.25, -0.2) is 4.79 Å². The van der Waals surface area contributed by atoms with E-state index >= 15 is 0 Å². The fraction of sp³-hybridized carbons (Fsp3) is 0.636. The molecule has 0 aliphatic carbocycles. The van der Waals surface area contributed by atoms with Crippen molar-refractivity contribution in [2.75, 3.05) is 13.6 Å². The number of carbonyl (C=O) groups excluding carboxylic acids is 1. The van der Waals surface area contributed by atoms with Crippen LogP contribution in [0.25, 0.3) is 0 Å². The highest BCUT2D eigenvalue weighted by atomic mass is 35.5. The van der Waals surface area contributed by atoms with Crippen LogP contribution in [0.2, 0.25) is 0 Å². The van der Waals surface area contributed by atoms with Crippen LogP contribution in [0.1, 0.15) is 33.1 Å². The maximum Gasteiger partial charge on any atom is 0.353 e. The van der Waals surface area contributed by atoms with Gasteiger partial charge in [0.2, 0.25) is 5.91 Å². The van der Waals surface area contributed by atoms with Gasteiger partial charge in [-0.05, 0) is 38.3 Å². The number of allylic oxidation sites excluding steroid dienone is 2. The Morgan fingerprint density at radius 3 is 2.84 bits per heavy atom. The van der Waals surface area contributed by atoms with Crippen molar-refractivity contribution in [1.29, 1.82) is 0 Å². The van der Waals surface area contributed by atoms with Crippen LogP contribution >= 0.6 is 23.4 Å². The number of carboxylic acid groups (broad SMARTS) is 1. The zero-order valence-corrected chi connectivity index (χ0v) is 19.6. The predicted molar refractivity (Wildman–Crippen MR) is 121 cm³/mol. The largest absolute Gasteiger partial charge is 0.477 e. The Labute approximate surface area is 192 Å². The molecule has 0 radical (unpaired) electrons. The average Bonchev–Trinajstić information content (AvgIpc) is 3.24. The van der Waals surface area contributed by atoms with Crippen molar-refractivity contribution in [3.63, 3.8) is 0 Å². The number of aliphatic hydroxyl groups is 1. The zero-order chi connectivity index (χ0) is 22.5. The van der Waals surface area contributed by atoms with Crippen LogP contribution in [0.15, 0.2) is 35.0 Å². The second-order valence-electron chi connectivity index (χ2n) is 9.02. The summed E-state index contributed by atoms with van der Waals surface area (Å²) in [5.41, 5.74) is 0.105. The quantitative estimate of drug-likeness (QED) is 0.300. The van der Waals surface area contributed by atoms with Gasteiger partial charge in [-0.3, -0.25) is 4.79 Å². The van der Waals surface area contributed by atoms with Crippen LogP contribution in [-0.4, -0.2) is 73.9 Å². The number of nitrogens with zero attached hydrogens (tertiary/aromatic N) is 2. The number of thioether (sulfide) groups is 1. The lowest BCUT2D eigenvalue weighted by Crippen LogP contribution is -2.63. The number of nitrogens with one attached hydrogen (secondary N) is 1. The van der Waals surface area contributed by atoms with Gasteiger partial charge < -0.3 is 25.3 Å². The van der Waals surface area contributed by atoms with Crippen molar-refractivity contribution in [3.8, 4) is 0 Å². The van der Waals surface area contributed by atoms with Crippen molar-refractivity contribution in [2.45, 2.75) is 61.5 Å². The minimum atomic E-state index is -1.07. The summed E-state index contributed by atoms with van der Waals surface area (Å²) in [5, 5.41) is 23.6. The van der Waals surface area contributed by atoms with Gasteiger partial charge in [-0.2, -0.15) is 0 Å². The standard InChI is InChI=1S/C22H30ClN3O4S/c1-12-17-16(13(2)27)20(28)26(17)18(21(29)30)19(12)31-15-10-14(24-11-15)6-8-22(23)7-4-5-9-25(22)3/h4-5,7,9,12-17,24,27H,6,8,10-11H2,1-3H3,(H,29,30)/t12-,13-,14-,15+,16-,17-,22?/m1/s1. The number of carboxylic acids is 1. The van der Waals surface area contributed by atoms with E-state index in [1.54, 1.807) is 18.7 Å². The number of halogens is 1. The van der Waals surface area contributed by atoms with Gasteiger partial charge in [0, 0.05) is 41.9 Å². The van der Waals surface area contributed by atoms with Crippen LogP contribution < -0.4 is 5.32 Å². The first-order valence-corrected chi connectivity index (χ1v) is 12.1. The molecular formula is C22H30ClN3O4S. The molecule has 9 heteroatoms. The zero-order valence-electron chi connectivity index (χ0n) is 18.0. The molecule has 0 bridgehead atoms. The van der Waals surface area contributed by atoms with Crippen molar-refractivity contribution in [2.24, 2.45) is 11.8 Å². The Bertz CT molecular complexity index is 860. The third-order valence-corrected chi connectivity index (χ3v) is 9.08. The van der Waals surface area contributed by atoms with Gasteiger partial charge in [-0.1, -0.05) is 24.6 Å². The molecule has 0 aromatic carbocycles. The number of fused-ring (bicyclic) bond motifs is 1. The first-order chi connectivity index (χ1) is 14.6. The smallest absolute Gasteiger partial charge is 0.353 e. The van der Waals surface area contributed by atoms with Gasteiger partial charge in [0.1, 0.15) is 10.7 Å². The Morgan fingerprint density at radius 1 is 1.45 bits per heavy atom. The molecule has 4 aliphatic rings. The third kappa shape index (κ3) is 3.92. The molecule has 7 nitrogen and oxygen atoms in total. The highest BCUT2D eigenvalue weighted by Crippen LogP contribution is 2.52. The molecule has 4 rings (SSSR count). The Hall–Kier alpha value is -1.48. The van der Waals surface area contributed by atoms with E-state index in [0.29, 0.717) is 6.04 Å². The molecular weight excluding hydrogens is 438 g/mol. The molecule has 4 heterocycles. The number of likely N-dealkylation sites (N-methyl/N-ethyl adjacent to an activating group) is 1. The highest BCUT2D eigenvalue weighted by molar-refractivity contribution is 8.03. The van der Waals surface area contributed by atoms with Crippen LogP contribution in [0, 0.1) is 11.8 Å². The maximum absolute atomic E-state index is 12.5. The lowest BCUT2D eigenvalue weighted by molar-refractivity contribution is -0.163. The molecule has 0 spiro atoms. The number of alkyl halides is 1. The summed E-state index contributed by atoms with van der Waals surface area (Å²) in [6.45, 7) is 4.35. The molecule has 2 fully saturated rings. The molecule has 3 N–H and O–H groups in total. The van der Waals surface area contributed by atoms with E-state index in [0.717, 1.165) is 30.7 Å². The van der Waals surface area contributed by atoms with Gasteiger partial charge in [0.25, 0.3) is 0 Å². The normalized spacial score (nSPS) is 38.0. The molecule has 4 aliphatic heterocycles. The molecule has 0 saturated carbocycles. The van der Waals surface area contributed by atoms with Gasteiger partial charge in [0.15, 0.2) is 0 Å². The number of aliphatic carboxylic acids is 1. The lowest BCUT2D eigenvalue weighted by Gasteiger charge is -2.46. The maximum atomic E-state index is 12.5. The van der Waals surface area contributed by atoms with Gasteiger partial charge >= 0.3 is 5.97 Å². The molecule has 0 aromatic heterocycles. The summed E-state index contributed by atoms with van der Waals surface area (Å²) < 4.78 is 0. The Kier molecular flexibility index (Phi) is 6.20. The number of aliphatic hydroxyl groups excluding tert-OH is 1. The number of hydrogen-bond donors (Lipinski definition) is 3. The van der Waals surface area contributed by atoms with E-state index in [-0.39, 0.29) is 28.8 Å². The number of hydrogen-bond acceptors (Lipinski definition) is 6. The van der Waals surface area contributed by atoms with E-state index in [9.17, 15) is 19.8 Å². The number of rotatable bonds is 7. The minimum absolute atomic E-state index is 0.0913. The fourth-order valence-electron chi connectivity index (χ4n) is 5.21. The first kappa shape index (κ1) is 22.7. The summed E-state index contributed by atoms with van der Waals surface area (Å²) in [4.78, 5) is 28.1. The van der Waals surface area contributed by atoms with Crippen molar-refractivity contribution < 1.29 is 19.8 Å². The summed E-state index contributed by atoms with van der Waals surface area (Å²) in [6.07, 6.45) is 9.79. The fourth-order valence-corrected chi connectivity index (χ4v) is 6.97. The van der Waals surface area contributed by atoms with Gasteiger partial charge in [-0.15, -0.1) is 11.8 Å². The summed E-state index contributed by atoms with van der Waals surface area (Å²) in [6, 6.07) is 0.0549. The van der Waals surface area contributed by atoms with Crippen molar-refractivity contribution in [1.82, 2.24) is 15.1 Å². The second-order valence-corrected chi connectivity index (χ2v) is 11.0. The van der Waals surface area contributed by atoms with E-state index in [1.807, 2.05) is 43.3 Å². The highest BCUT2D eigenvalue weighted by Gasteiger charge is 2.60. The predicted octanol–water partition coefficient (Wildman–Crippen LogP) is 2.33. The van der Waals surface area contributed by atoms with E-state index < -0.39 is 23.0 Å². The SMILES string of the molecule is C[C@@H](O)[C@H]1C(=O)N2C(C(=O)O)=C(S[C@@H]3CN[C@H](CCC4(Cl)C=CC=CN4C)C3)[C@H](C)[C@H]12. The number of carbonyl (C=O) groups is 2. The summed E-state index contributed by atoms with van der Waals surface area (Å²) in [7, 11) is 1.97. The van der Waals surface area contributed by atoms with E-state index in [4.69, 9.17) is 11.6 Å². The average molecular weight is 468 g/mol. The number of amides is 1. The summed E-state index contributed by atoms with van der Waals surface area (Å²) >= 11 is 8.35. The molecule has 2 saturated heterocycles. The minimum Gasteiger partial charge on any atom is -0.477 e. The lowest BCUT2D eigenvalue weighted by atomic mass is 9.79. The molecule has 7 atom stereocenters. The molecule has 31 heavy (non-hydrogen) atoms. The second kappa shape index (κ2) is 8.46. The van der Waals surface area contributed by atoms with Crippen molar-refractivity contribution >= 4 is 35.2 Å². The molecule has 1 unspecified atom stereocenters. The van der Waals surface area contributed by atoms with Crippen LogP contribution in [0.3, 0.4) is 0 Å². The van der Waals surface area contributed by atoms with Crippen molar-refractivity contribution in [3.05, 3.63) is 35.0 Å². The first-order valence-electron chi connectivity index (χ1n) is 10.8. The monoisotopic (exact) mass is 467 g/mol. The summed E-state index contributed by atoms with van der Waals surface area (Å²) in [5.74, 6) is -1.97. The van der Waals surface area contributed by atoms with Crippen LogP contribution in [-0.2, 0) is 9.59 Å². The molecule has 170 valence electrons. The Balaban J connectivity index is 1.39. The van der Waals surface area contributed by atoms with Gasteiger partial charge in [0.05, 0.1) is 18.1 Å². The topological polar surface area (TPSA) is 93.1 Å². The number of β-lactam (4-membered cyclic amide) rings is 1. The van der Waals surface area contributed by atoms with E-state index in [2.05, 4.69) is 5.32 Å².